The van der Waals surface area contributed by atoms with Crippen molar-refractivity contribution < 1.29 is 14.7 Å². The van der Waals surface area contributed by atoms with E-state index in [0.717, 1.165) is 0 Å². The molecule has 1 rings (SSSR count). The fraction of sp³-hybridized carbons (Fsp3) is 0.500. The fourth-order valence-electron chi connectivity index (χ4n) is 1.44. The van der Waals surface area contributed by atoms with Gasteiger partial charge in [-0.25, -0.2) is 0 Å². The Balaban J connectivity index is 2.53. The van der Waals surface area contributed by atoms with E-state index < -0.39 is 11.4 Å². The Morgan fingerprint density at radius 2 is 2.11 bits per heavy atom. The summed E-state index contributed by atoms with van der Waals surface area (Å²) in [6.07, 6.45) is 2.00. The van der Waals surface area contributed by atoms with Crippen LogP contribution in [0.5, 0.6) is 0 Å². The molecule has 2 N–H and O–H groups in total. The van der Waals surface area contributed by atoms with E-state index in [2.05, 4.69) is 5.32 Å². The lowest BCUT2D eigenvalue weighted by atomic mass is 9.90. The quantitative estimate of drug-likeness (QED) is 0.860. The van der Waals surface area contributed by atoms with E-state index in [1.165, 1.54) is 0 Å². The predicted octanol–water partition coefficient (Wildman–Crippen LogP) is 1.91. The lowest BCUT2D eigenvalue weighted by Gasteiger charge is -2.18. The minimum atomic E-state index is -0.876. The molecule has 1 heterocycles. The first-order valence-corrected chi connectivity index (χ1v) is 5.95. The molecule has 1 aromatic heterocycles. The summed E-state index contributed by atoms with van der Waals surface area (Å²) in [5.74, 6) is -1.13. The molecule has 0 aliphatic rings. The fourth-order valence-corrected chi connectivity index (χ4v) is 1.69. The summed E-state index contributed by atoms with van der Waals surface area (Å²) in [4.78, 5) is 22.7. The number of rotatable bonds is 5. The number of aryl methyl sites for hydroxylation is 1. The number of carbonyl (C=O) groups is 2. The van der Waals surface area contributed by atoms with Gasteiger partial charge in [-0.2, -0.15) is 0 Å². The van der Waals surface area contributed by atoms with Gasteiger partial charge in [0.15, 0.2) is 0 Å². The first-order chi connectivity index (χ1) is 8.24. The summed E-state index contributed by atoms with van der Waals surface area (Å²) in [6, 6.07) is 1.57. The zero-order valence-electron chi connectivity index (χ0n) is 10.7. The number of aliphatic carboxylic acids is 1. The summed E-state index contributed by atoms with van der Waals surface area (Å²) in [5.41, 5.74) is -0.396. The average molecular weight is 273 g/mol. The van der Waals surface area contributed by atoms with Crippen LogP contribution in [0.2, 0.25) is 5.02 Å². The number of aromatic nitrogens is 1. The lowest BCUT2D eigenvalue weighted by molar-refractivity contribution is -0.147. The number of nitrogens with one attached hydrogen (secondary N) is 1. The van der Waals surface area contributed by atoms with Crippen LogP contribution in [0, 0.1) is 5.41 Å². The van der Waals surface area contributed by atoms with E-state index >= 15 is 0 Å². The van der Waals surface area contributed by atoms with Gasteiger partial charge in [0.25, 0.3) is 5.91 Å². The number of carbonyl (C=O) groups excluding carboxylic acids is 1. The Kier molecular flexibility index (Phi) is 4.40. The van der Waals surface area contributed by atoms with Gasteiger partial charge >= 0.3 is 5.97 Å². The van der Waals surface area contributed by atoms with E-state index in [1.54, 1.807) is 37.7 Å². The Morgan fingerprint density at radius 1 is 1.50 bits per heavy atom. The number of carboxylic acid groups (broad SMARTS) is 1. The zero-order chi connectivity index (χ0) is 13.9. The molecule has 5 nitrogen and oxygen atoms in total. The highest BCUT2D eigenvalue weighted by molar-refractivity contribution is 6.31. The number of carboxylic acids is 1. The molecule has 0 spiro atoms. The van der Waals surface area contributed by atoms with Crippen molar-refractivity contribution in [3.05, 3.63) is 23.0 Å². The van der Waals surface area contributed by atoms with Crippen molar-refractivity contribution in [2.24, 2.45) is 12.5 Å². The van der Waals surface area contributed by atoms with Crippen LogP contribution < -0.4 is 5.32 Å². The second-order valence-electron chi connectivity index (χ2n) is 4.85. The van der Waals surface area contributed by atoms with Gasteiger partial charge in [-0.3, -0.25) is 9.59 Å². The van der Waals surface area contributed by atoms with E-state index in [0.29, 0.717) is 23.7 Å². The van der Waals surface area contributed by atoms with Crippen molar-refractivity contribution in [1.82, 2.24) is 9.88 Å². The number of nitrogens with zero attached hydrogens (tertiary/aromatic N) is 1. The highest BCUT2D eigenvalue weighted by Gasteiger charge is 2.26. The zero-order valence-corrected chi connectivity index (χ0v) is 11.4. The third-order valence-electron chi connectivity index (χ3n) is 2.82. The molecule has 1 amide bonds. The van der Waals surface area contributed by atoms with Crippen molar-refractivity contribution in [3.63, 3.8) is 0 Å². The predicted molar refractivity (Wildman–Crippen MR) is 68.8 cm³/mol. The molecule has 0 bridgehead atoms. The van der Waals surface area contributed by atoms with E-state index in [1.807, 2.05) is 0 Å². The monoisotopic (exact) mass is 272 g/mol. The molecule has 0 aliphatic carbocycles. The van der Waals surface area contributed by atoms with E-state index in [4.69, 9.17) is 16.7 Å². The minimum absolute atomic E-state index is 0.259. The van der Waals surface area contributed by atoms with Crippen LogP contribution in [-0.4, -0.2) is 28.1 Å². The molecular weight excluding hydrogens is 256 g/mol. The molecule has 0 aromatic carbocycles. The molecule has 0 unspecified atom stereocenters. The van der Waals surface area contributed by atoms with Crippen molar-refractivity contribution in [1.29, 1.82) is 0 Å². The highest BCUT2D eigenvalue weighted by atomic mass is 35.5. The van der Waals surface area contributed by atoms with Crippen molar-refractivity contribution in [2.75, 3.05) is 6.54 Å². The van der Waals surface area contributed by atoms with E-state index in [9.17, 15) is 9.59 Å². The van der Waals surface area contributed by atoms with Crippen LogP contribution in [0.15, 0.2) is 12.3 Å². The van der Waals surface area contributed by atoms with Crippen molar-refractivity contribution in [3.8, 4) is 0 Å². The highest BCUT2D eigenvalue weighted by Crippen LogP contribution is 2.19. The van der Waals surface area contributed by atoms with Crippen LogP contribution in [0.25, 0.3) is 0 Å². The molecular formula is C12H17ClN2O3. The second kappa shape index (κ2) is 5.44. The molecule has 0 saturated heterocycles. The van der Waals surface area contributed by atoms with Gasteiger partial charge in [0.1, 0.15) is 5.69 Å². The molecule has 100 valence electrons. The SMILES string of the molecule is Cn1cc(Cl)cc1C(=O)NCCC(C)(C)C(=O)O. The van der Waals surface area contributed by atoms with Gasteiger partial charge in [0.2, 0.25) is 0 Å². The van der Waals surface area contributed by atoms with Gasteiger partial charge in [-0.1, -0.05) is 11.6 Å². The van der Waals surface area contributed by atoms with Gasteiger partial charge in [0, 0.05) is 19.8 Å². The van der Waals surface area contributed by atoms with Gasteiger partial charge in [-0.05, 0) is 26.3 Å². The summed E-state index contributed by atoms with van der Waals surface area (Å²) >= 11 is 5.78. The van der Waals surface area contributed by atoms with Crippen LogP contribution in [0.3, 0.4) is 0 Å². The molecule has 0 aliphatic heterocycles. The Labute approximate surface area is 111 Å². The molecule has 0 fully saturated rings. The molecule has 0 saturated carbocycles. The Bertz CT molecular complexity index is 466. The van der Waals surface area contributed by atoms with Crippen molar-refractivity contribution >= 4 is 23.5 Å². The molecule has 0 radical (unpaired) electrons. The van der Waals surface area contributed by atoms with Crippen LogP contribution in [-0.2, 0) is 11.8 Å². The average Bonchev–Trinajstić information content (AvgIpc) is 2.57. The molecule has 6 heteroatoms. The minimum Gasteiger partial charge on any atom is -0.481 e. The summed E-state index contributed by atoms with van der Waals surface area (Å²) in [7, 11) is 1.72. The number of hydrogen-bond acceptors (Lipinski definition) is 2. The van der Waals surface area contributed by atoms with Gasteiger partial charge in [0.05, 0.1) is 10.4 Å². The Morgan fingerprint density at radius 3 is 2.56 bits per heavy atom. The van der Waals surface area contributed by atoms with Crippen LogP contribution >= 0.6 is 11.6 Å². The van der Waals surface area contributed by atoms with Crippen molar-refractivity contribution in [2.45, 2.75) is 20.3 Å². The first kappa shape index (κ1) is 14.6. The van der Waals surface area contributed by atoms with Crippen LogP contribution in [0.1, 0.15) is 30.8 Å². The third kappa shape index (κ3) is 3.50. The molecule has 1 aromatic rings. The topological polar surface area (TPSA) is 71.3 Å². The van der Waals surface area contributed by atoms with Gasteiger partial charge < -0.3 is 15.0 Å². The van der Waals surface area contributed by atoms with E-state index in [-0.39, 0.29) is 5.91 Å². The summed E-state index contributed by atoms with van der Waals surface area (Å²) in [5, 5.41) is 12.1. The number of amides is 1. The maximum atomic E-state index is 11.8. The maximum absolute atomic E-state index is 11.8. The summed E-state index contributed by atoms with van der Waals surface area (Å²) in [6.45, 7) is 3.56. The van der Waals surface area contributed by atoms with Gasteiger partial charge in [-0.15, -0.1) is 0 Å². The second-order valence-corrected chi connectivity index (χ2v) is 5.29. The first-order valence-electron chi connectivity index (χ1n) is 5.57. The number of halogens is 1. The Hall–Kier alpha value is -1.49. The smallest absolute Gasteiger partial charge is 0.309 e. The maximum Gasteiger partial charge on any atom is 0.309 e. The third-order valence-corrected chi connectivity index (χ3v) is 3.03. The molecule has 18 heavy (non-hydrogen) atoms. The lowest BCUT2D eigenvalue weighted by Crippen LogP contribution is -2.32. The largest absolute Gasteiger partial charge is 0.481 e. The summed E-state index contributed by atoms with van der Waals surface area (Å²) < 4.78 is 1.63. The molecule has 0 atom stereocenters. The standard InChI is InChI=1S/C12H17ClN2O3/c1-12(2,11(17)18)4-5-14-10(16)9-6-8(13)7-15(9)3/h6-7H,4-5H2,1-3H3,(H,14,16)(H,17,18). The normalized spacial score (nSPS) is 11.3. The number of hydrogen-bond donors (Lipinski definition) is 2. The van der Waals surface area contributed by atoms with Crippen LogP contribution in [0.4, 0.5) is 0 Å².